The topological polar surface area (TPSA) is 20.3 Å². The molecule has 0 radical (unpaired) electrons. The fourth-order valence-electron chi connectivity index (χ4n) is 1.06. The zero-order chi connectivity index (χ0) is 9.84. The van der Waals surface area contributed by atoms with Crippen molar-refractivity contribution in [1.29, 1.82) is 0 Å². The minimum Gasteiger partial charge on any atom is -0.341 e. The third-order valence-corrected chi connectivity index (χ3v) is 3.32. The Bertz CT molecular complexity index is 298. The van der Waals surface area contributed by atoms with Crippen LogP contribution in [0.15, 0.2) is 15.2 Å². The van der Waals surface area contributed by atoms with E-state index in [0.29, 0.717) is 13.0 Å². The van der Waals surface area contributed by atoms with Crippen molar-refractivity contribution in [3.63, 3.8) is 0 Å². The monoisotopic (exact) mass is 261 g/mol. The van der Waals surface area contributed by atoms with Crippen molar-refractivity contribution >= 4 is 33.2 Å². The molecule has 2 nitrogen and oxygen atoms in total. The second kappa shape index (κ2) is 4.77. The summed E-state index contributed by atoms with van der Waals surface area (Å²) >= 11 is 5.04. The summed E-state index contributed by atoms with van der Waals surface area (Å²) in [6.45, 7) is 2.58. The first-order valence-electron chi connectivity index (χ1n) is 4.10. The Kier molecular flexibility index (Phi) is 3.93. The van der Waals surface area contributed by atoms with Crippen molar-refractivity contribution in [2.45, 2.75) is 19.9 Å². The van der Waals surface area contributed by atoms with Crippen LogP contribution in [0.2, 0.25) is 0 Å². The molecule has 1 rings (SSSR count). The standard InChI is InChI=1S/C9H12BrNOS/c1-3-9(12)11(2)5-7-4-8(10)13-6-7/h4,6H,3,5H2,1-2H3. The molecule has 72 valence electrons. The van der Waals surface area contributed by atoms with E-state index in [4.69, 9.17) is 0 Å². The largest absolute Gasteiger partial charge is 0.341 e. The number of nitrogens with zero attached hydrogens (tertiary/aromatic N) is 1. The van der Waals surface area contributed by atoms with Crippen LogP contribution >= 0.6 is 27.3 Å². The Labute approximate surface area is 90.7 Å². The molecule has 0 bridgehead atoms. The van der Waals surface area contributed by atoms with Crippen LogP contribution in [0.1, 0.15) is 18.9 Å². The zero-order valence-electron chi connectivity index (χ0n) is 7.71. The predicted molar refractivity (Wildman–Crippen MR) is 58.8 cm³/mol. The Morgan fingerprint density at radius 1 is 1.69 bits per heavy atom. The van der Waals surface area contributed by atoms with Gasteiger partial charge in [0.2, 0.25) is 5.91 Å². The lowest BCUT2D eigenvalue weighted by molar-refractivity contribution is -0.130. The summed E-state index contributed by atoms with van der Waals surface area (Å²) in [5, 5.41) is 2.06. The van der Waals surface area contributed by atoms with E-state index in [1.165, 1.54) is 5.56 Å². The van der Waals surface area contributed by atoms with Crippen molar-refractivity contribution in [2.24, 2.45) is 0 Å². The number of amides is 1. The normalized spacial score (nSPS) is 10.1. The van der Waals surface area contributed by atoms with Crippen LogP contribution in [0.3, 0.4) is 0 Å². The number of thiophene rings is 1. The molecule has 13 heavy (non-hydrogen) atoms. The molecule has 0 unspecified atom stereocenters. The van der Waals surface area contributed by atoms with Crippen LogP contribution in [0.25, 0.3) is 0 Å². The molecule has 4 heteroatoms. The van der Waals surface area contributed by atoms with Gasteiger partial charge in [0.1, 0.15) is 0 Å². The second-order valence-electron chi connectivity index (χ2n) is 2.86. The third kappa shape index (κ3) is 3.12. The number of carbonyl (C=O) groups excluding carboxylic acids is 1. The Hall–Kier alpha value is -0.350. The molecule has 0 saturated heterocycles. The number of hydrogen-bond acceptors (Lipinski definition) is 2. The highest BCUT2D eigenvalue weighted by atomic mass is 79.9. The van der Waals surface area contributed by atoms with Gasteiger partial charge in [-0.25, -0.2) is 0 Å². The molecular formula is C9H12BrNOS. The SMILES string of the molecule is CCC(=O)N(C)Cc1csc(Br)c1. The average Bonchev–Trinajstić information content (AvgIpc) is 2.49. The Balaban J connectivity index is 2.54. The summed E-state index contributed by atoms with van der Waals surface area (Å²) in [6, 6.07) is 2.05. The molecule has 0 N–H and O–H groups in total. The molecule has 0 spiro atoms. The van der Waals surface area contributed by atoms with Gasteiger partial charge in [-0.3, -0.25) is 4.79 Å². The predicted octanol–water partition coefficient (Wildman–Crippen LogP) is 2.88. The van der Waals surface area contributed by atoms with Crippen LogP contribution < -0.4 is 0 Å². The summed E-state index contributed by atoms with van der Waals surface area (Å²) in [7, 11) is 1.83. The minimum atomic E-state index is 0.183. The first kappa shape index (κ1) is 10.7. The smallest absolute Gasteiger partial charge is 0.222 e. The molecule has 0 saturated carbocycles. The first-order valence-corrected chi connectivity index (χ1v) is 5.77. The van der Waals surface area contributed by atoms with Crippen LogP contribution in [0.4, 0.5) is 0 Å². The van der Waals surface area contributed by atoms with Crippen LogP contribution in [0.5, 0.6) is 0 Å². The molecule has 1 heterocycles. The van der Waals surface area contributed by atoms with E-state index < -0.39 is 0 Å². The fraction of sp³-hybridized carbons (Fsp3) is 0.444. The van der Waals surface area contributed by atoms with Gasteiger partial charge in [-0.2, -0.15) is 0 Å². The molecular weight excluding hydrogens is 250 g/mol. The van der Waals surface area contributed by atoms with Gasteiger partial charge in [0.15, 0.2) is 0 Å². The molecule has 0 aliphatic carbocycles. The van der Waals surface area contributed by atoms with Gasteiger partial charge >= 0.3 is 0 Å². The van der Waals surface area contributed by atoms with E-state index >= 15 is 0 Å². The van der Waals surface area contributed by atoms with E-state index in [-0.39, 0.29) is 5.91 Å². The minimum absolute atomic E-state index is 0.183. The maximum atomic E-state index is 11.2. The molecule has 1 aromatic rings. The van der Waals surface area contributed by atoms with E-state index in [0.717, 1.165) is 3.79 Å². The van der Waals surface area contributed by atoms with Crippen molar-refractivity contribution in [1.82, 2.24) is 4.90 Å². The van der Waals surface area contributed by atoms with Gasteiger partial charge in [0, 0.05) is 20.0 Å². The summed E-state index contributed by atoms with van der Waals surface area (Å²) < 4.78 is 1.11. The quantitative estimate of drug-likeness (QED) is 0.820. The average molecular weight is 262 g/mol. The van der Waals surface area contributed by atoms with E-state index in [1.807, 2.05) is 20.0 Å². The van der Waals surface area contributed by atoms with E-state index in [2.05, 4.69) is 21.3 Å². The highest BCUT2D eigenvalue weighted by Crippen LogP contribution is 2.21. The summed E-state index contributed by atoms with van der Waals surface area (Å²) in [5.41, 5.74) is 1.18. The molecule has 0 aliphatic rings. The van der Waals surface area contributed by atoms with Crippen LogP contribution in [0, 0.1) is 0 Å². The van der Waals surface area contributed by atoms with Crippen LogP contribution in [-0.4, -0.2) is 17.9 Å². The molecule has 0 aromatic carbocycles. The van der Waals surface area contributed by atoms with Gasteiger partial charge in [-0.05, 0) is 32.9 Å². The van der Waals surface area contributed by atoms with Crippen molar-refractivity contribution in [2.75, 3.05) is 7.05 Å². The van der Waals surface area contributed by atoms with E-state index in [9.17, 15) is 4.79 Å². The number of halogens is 1. The lowest BCUT2D eigenvalue weighted by Gasteiger charge is -2.14. The van der Waals surface area contributed by atoms with Gasteiger partial charge in [0.05, 0.1) is 3.79 Å². The van der Waals surface area contributed by atoms with Crippen LogP contribution in [-0.2, 0) is 11.3 Å². The molecule has 0 atom stereocenters. The lowest BCUT2D eigenvalue weighted by Crippen LogP contribution is -2.24. The zero-order valence-corrected chi connectivity index (χ0v) is 10.1. The second-order valence-corrected chi connectivity index (χ2v) is 5.15. The number of carbonyl (C=O) groups is 1. The fourth-order valence-corrected chi connectivity index (χ4v) is 2.26. The molecule has 0 fully saturated rings. The first-order chi connectivity index (χ1) is 6.13. The molecule has 1 aromatic heterocycles. The summed E-state index contributed by atoms with van der Waals surface area (Å²) in [6.07, 6.45) is 0.571. The van der Waals surface area contributed by atoms with Gasteiger partial charge < -0.3 is 4.90 Å². The Morgan fingerprint density at radius 3 is 2.85 bits per heavy atom. The van der Waals surface area contributed by atoms with Gasteiger partial charge in [-0.15, -0.1) is 11.3 Å². The highest BCUT2D eigenvalue weighted by Gasteiger charge is 2.07. The molecule has 0 aliphatic heterocycles. The van der Waals surface area contributed by atoms with Gasteiger partial charge in [-0.1, -0.05) is 6.92 Å². The highest BCUT2D eigenvalue weighted by molar-refractivity contribution is 9.11. The van der Waals surface area contributed by atoms with Crippen molar-refractivity contribution < 1.29 is 4.79 Å². The third-order valence-electron chi connectivity index (χ3n) is 1.77. The summed E-state index contributed by atoms with van der Waals surface area (Å²) in [4.78, 5) is 13.0. The Morgan fingerprint density at radius 2 is 2.38 bits per heavy atom. The summed E-state index contributed by atoms with van der Waals surface area (Å²) in [5.74, 6) is 0.183. The maximum absolute atomic E-state index is 11.2. The number of rotatable bonds is 3. The lowest BCUT2D eigenvalue weighted by atomic mass is 10.3. The van der Waals surface area contributed by atoms with Crippen molar-refractivity contribution in [3.05, 3.63) is 20.8 Å². The van der Waals surface area contributed by atoms with Crippen molar-refractivity contribution in [3.8, 4) is 0 Å². The molecule has 1 amide bonds. The number of hydrogen-bond donors (Lipinski definition) is 0. The maximum Gasteiger partial charge on any atom is 0.222 e. The van der Waals surface area contributed by atoms with E-state index in [1.54, 1.807) is 16.2 Å². The van der Waals surface area contributed by atoms with Gasteiger partial charge in [0.25, 0.3) is 0 Å².